The molecule has 2 aromatic rings. The van der Waals surface area contributed by atoms with E-state index in [9.17, 15) is 0 Å². The first-order valence-electron chi connectivity index (χ1n) is 5.08. The van der Waals surface area contributed by atoms with Crippen molar-refractivity contribution in [2.75, 3.05) is 16.6 Å². The van der Waals surface area contributed by atoms with Crippen molar-refractivity contribution in [3.8, 4) is 0 Å². The predicted octanol–water partition coefficient (Wildman–Crippen LogP) is 3.70. The fourth-order valence-electron chi connectivity index (χ4n) is 1.47. The topological polar surface area (TPSA) is 6.48 Å². The Morgan fingerprint density at radius 3 is 1.69 bits per heavy atom. The van der Waals surface area contributed by atoms with Crippen LogP contribution in [0.3, 0.4) is 0 Å². The van der Waals surface area contributed by atoms with Gasteiger partial charge in [-0.05, 0) is 24.3 Å². The van der Waals surface area contributed by atoms with Crippen LogP contribution in [0.15, 0.2) is 60.7 Å². The Kier molecular flexibility index (Phi) is 3.32. The lowest BCUT2D eigenvalue weighted by Crippen LogP contribution is -2.31. The van der Waals surface area contributed by atoms with Crippen LogP contribution in [0.4, 0.5) is 11.4 Å². The normalized spacial score (nSPS) is 9.88. The van der Waals surface area contributed by atoms with E-state index in [-0.39, 0.29) is 0 Å². The molecule has 2 nitrogen and oxygen atoms in total. The van der Waals surface area contributed by atoms with Crippen molar-refractivity contribution in [1.82, 2.24) is 0 Å². The van der Waals surface area contributed by atoms with Gasteiger partial charge in [-0.3, -0.25) is 5.01 Å². The van der Waals surface area contributed by atoms with E-state index in [1.807, 2.05) is 72.7 Å². The van der Waals surface area contributed by atoms with E-state index in [4.69, 9.17) is 11.8 Å². The van der Waals surface area contributed by atoms with Gasteiger partial charge >= 0.3 is 0 Å². The molecule has 2 rings (SSSR count). The van der Waals surface area contributed by atoms with Gasteiger partial charge in [0.15, 0.2) is 0 Å². The van der Waals surface area contributed by atoms with Crippen molar-refractivity contribution >= 4 is 23.2 Å². The van der Waals surface area contributed by atoms with E-state index in [0.29, 0.717) is 0 Å². The van der Waals surface area contributed by atoms with Gasteiger partial charge in [0.05, 0.1) is 11.4 Å². The highest BCUT2D eigenvalue weighted by molar-refractivity contribution is 6.26. The lowest BCUT2D eigenvalue weighted by Gasteiger charge is -2.28. The summed E-state index contributed by atoms with van der Waals surface area (Å²) in [6.07, 6.45) is 0. The fraction of sp³-hybridized carbons (Fsp3) is 0.0769. The summed E-state index contributed by atoms with van der Waals surface area (Å²) in [5, 5.41) is 1.89. The zero-order valence-electron chi connectivity index (χ0n) is 9.05. The Bertz CT molecular complexity index is 387. The van der Waals surface area contributed by atoms with Crippen molar-refractivity contribution < 1.29 is 0 Å². The third-order valence-electron chi connectivity index (χ3n) is 2.36. The van der Waals surface area contributed by atoms with Crippen molar-refractivity contribution in [2.24, 2.45) is 0 Å². The summed E-state index contributed by atoms with van der Waals surface area (Å²) in [6, 6.07) is 19.8. The molecule has 0 unspecified atom stereocenters. The van der Waals surface area contributed by atoms with Gasteiger partial charge in [0.25, 0.3) is 0 Å². The van der Waals surface area contributed by atoms with Crippen LogP contribution in [-0.4, -0.2) is 7.05 Å². The Balaban J connectivity index is 2.20. The summed E-state index contributed by atoms with van der Waals surface area (Å²) in [5.74, 6) is 0. The summed E-state index contributed by atoms with van der Waals surface area (Å²) in [6.45, 7) is 0. The second-order valence-electron chi connectivity index (χ2n) is 3.45. The zero-order valence-corrected chi connectivity index (χ0v) is 9.80. The van der Waals surface area contributed by atoms with Crippen molar-refractivity contribution in [3.63, 3.8) is 0 Å². The van der Waals surface area contributed by atoms with E-state index in [1.165, 1.54) is 0 Å². The van der Waals surface area contributed by atoms with Crippen LogP contribution in [-0.2, 0) is 0 Å². The largest absolute Gasteiger partial charge is 0.274 e. The fourth-order valence-corrected chi connectivity index (χ4v) is 1.67. The maximum atomic E-state index is 6.25. The van der Waals surface area contributed by atoms with E-state index in [2.05, 4.69) is 0 Å². The third-order valence-corrected chi connectivity index (χ3v) is 2.78. The molecule has 0 radical (unpaired) electrons. The monoisotopic (exact) mass is 232 g/mol. The minimum atomic E-state index is 0.940. The van der Waals surface area contributed by atoms with Crippen LogP contribution >= 0.6 is 11.8 Å². The summed E-state index contributed by atoms with van der Waals surface area (Å²) in [5.41, 5.74) is 1.98. The van der Waals surface area contributed by atoms with Crippen molar-refractivity contribution in [2.45, 2.75) is 0 Å². The van der Waals surface area contributed by atoms with Gasteiger partial charge < -0.3 is 0 Å². The van der Waals surface area contributed by atoms with Crippen LogP contribution in [0.5, 0.6) is 0 Å². The number of anilines is 2. The minimum absolute atomic E-state index is 0.940. The van der Waals surface area contributed by atoms with Crippen LogP contribution in [0.1, 0.15) is 0 Å². The van der Waals surface area contributed by atoms with Gasteiger partial charge in [0.2, 0.25) is 0 Å². The quantitative estimate of drug-likeness (QED) is 0.588. The van der Waals surface area contributed by atoms with Gasteiger partial charge in [-0.2, -0.15) is 4.53 Å². The van der Waals surface area contributed by atoms with Crippen LogP contribution in [0, 0.1) is 0 Å². The van der Waals surface area contributed by atoms with Gasteiger partial charge in [0, 0.05) is 18.8 Å². The number of hydrogen-bond acceptors (Lipinski definition) is 2. The van der Waals surface area contributed by atoms with Crippen molar-refractivity contribution in [3.05, 3.63) is 60.7 Å². The molecule has 82 valence electrons. The molecule has 0 N–H and O–H groups in total. The summed E-state index contributed by atoms with van der Waals surface area (Å²) in [7, 11) is 1.93. The molecule has 0 fully saturated rings. The highest BCUT2D eigenvalue weighted by atomic mass is 35.5. The molecular formula is C13H13ClN2. The Hall–Kier alpha value is -1.67. The number of nitrogens with zero attached hydrogens (tertiary/aromatic N) is 2. The van der Waals surface area contributed by atoms with E-state index >= 15 is 0 Å². The van der Waals surface area contributed by atoms with Gasteiger partial charge in [-0.15, -0.1) is 0 Å². The number of hydrogen-bond donors (Lipinski definition) is 0. The number of benzene rings is 2. The highest BCUT2D eigenvalue weighted by Crippen LogP contribution is 2.22. The van der Waals surface area contributed by atoms with E-state index in [1.54, 1.807) is 4.53 Å². The average molecular weight is 233 g/mol. The summed E-state index contributed by atoms with van der Waals surface area (Å²) < 4.78 is 1.59. The first-order chi connectivity index (χ1) is 7.79. The highest BCUT2D eigenvalue weighted by Gasteiger charge is 2.09. The molecule has 16 heavy (non-hydrogen) atoms. The lowest BCUT2D eigenvalue weighted by molar-refractivity contribution is 0.999. The van der Waals surface area contributed by atoms with Crippen molar-refractivity contribution in [1.29, 1.82) is 0 Å². The second kappa shape index (κ2) is 4.90. The summed E-state index contributed by atoms with van der Waals surface area (Å²) >= 11 is 6.25. The average Bonchev–Trinajstić information content (AvgIpc) is 2.39. The lowest BCUT2D eigenvalue weighted by atomic mass is 10.3. The molecule has 3 heteroatoms. The maximum absolute atomic E-state index is 6.25. The molecule has 0 aliphatic rings. The first-order valence-corrected chi connectivity index (χ1v) is 5.42. The number of para-hydroxylation sites is 2. The maximum Gasteiger partial charge on any atom is 0.0762 e. The van der Waals surface area contributed by atoms with Crippen LogP contribution < -0.4 is 9.54 Å². The molecule has 0 aliphatic carbocycles. The molecule has 0 saturated carbocycles. The predicted molar refractivity (Wildman–Crippen MR) is 69.6 cm³/mol. The number of hydrazine groups is 1. The van der Waals surface area contributed by atoms with E-state index < -0.39 is 0 Å². The Morgan fingerprint density at radius 1 is 0.750 bits per heavy atom. The second-order valence-corrected chi connectivity index (χ2v) is 3.78. The van der Waals surface area contributed by atoms with Gasteiger partial charge in [0.1, 0.15) is 0 Å². The van der Waals surface area contributed by atoms with Crippen LogP contribution in [0.2, 0.25) is 0 Å². The first kappa shape index (κ1) is 10.8. The molecule has 0 bridgehead atoms. The molecule has 0 aromatic heterocycles. The number of rotatable bonds is 3. The standard InChI is InChI=1S/C13H13ClN2/c1-15(12-8-4-2-5-9-12)16(14)13-10-6-3-7-11-13/h2-11H,1H3. The molecule has 0 atom stereocenters. The minimum Gasteiger partial charge on any atom is -0.274 e. The smallest absolute Gasteiger partial charge is 0.0762 e. The summed E-state index contributed by atoms with van der Waals surface area (Å²) in [4.78, 5) is 0. The molecular weight excluding hydrogens is 220 g/mol. The molecule has 0 heterocycles. The zero-order chi connectivity index (χ0) is 11.4. The molecule has 0 aliphatic heterocycles. The molecule has 0 spiro atoms. The van der Waals surface area contributed by atoms with Crippen LogP contribution in [0.25, 0.3) is 0 Å². The molecule has 0 amide bonds. The van der Waals surface area contributed by atoms with Gasteiger partial charge in [-0.1, -0.05) is 36.4 Å². The van der Waals surface area contributed by atoms with Gasteiger partial charge in [-0.25, -0.2) is 0 Å². The Morgan fingerprint density at radius 2 is 1.19 bits per heavy atom. The third kappa shape index (κ3) is 2.28. The number of halogens is 1. The molecule has 2 aromatic carbocycles. The molecule has 0 saturated heterocycles. The SMILES string of the molecule is CN(c1ccccc1)N(Cl)c1ccccc1. The Labute approximate surface area is 101 Å². The van der Waals surface area contributed by atoms with E-state index in [0.717, 1.165) is 11.4 Å².